The second kappa shape index (κ2) is 11.5. The van der Waals surface area contributed by atoms with Crippen molar-refractivity contribution in [3.63, 3.8) is 0 Å². The van der Waals surface area contributed by atoms with Gasteiger partial charge in [0, 0.05) is 27.9 Å². The molecule has 176 valence electrons. The molecule has 3 aromatic rings. The fraction of sp³-hybridized carbons (Fsp3) is 0.167. The fourth-order valence-corrected chi connectivity index (χ4v) is 3.49. The topological polar surface area (TPSA) is 99.0 Å². The van der Waals surface area contributed by atoms with Gasteiger partial charge in [-0.3, -0.25) is 14.9 Å². The van der Waals surface area contributed by atoms with Crippen LogP contribution in [0.2, 0.25) is 10.0 Å². The largest absolute Gasteiger partial charge is 0.484 e. The molecule has 1 amide bonds. The zero-order valence-electron chi connectivity index (χ0n) is 18.1. The average molecular weight is 503 g/mol. The number of nitro benzene ring substituents is 1. The number of carbonyl (C=O) groups excluding carboxylic acids is 2. The standard InChI is InChI=1S/C24H20Cl2N2O6/c1-2-33-24(30)16-4-7-19(8-5-16)27(14-17-3-6-18(25)13-22(17)26)23(29)15-34-21-11-9-20(10-12-21)28(31)32/h3-13H,2,14-15H2,1H3. The van der Waals surface area contributed by atoms with Gasteiger partial charge in [0.2, 0.25) is 0 Å². The molecule has 0 aromatic heterocycles. The highest BCUT2D eigenvalue weighted by molar-refractivity contribution is 6.35. The van der Waals surface area contributed by atoms with Crippen LogP contribution in [0.3, 0.4) is 0 Å². The van der Waals surface area contributed by atoms with E-state index in [2.05, 4.69) is 0 Å². The van der Waals surface area contributed by atoms with Gasteiger partial charge in [-0.15, -0.1) is 0 Å². The molecule has 8 nitrogen and oxygen atoms in total. The highest BCUT2D eigenvalue weighted by Crippen LogP contribution is 2.26. The molecule has 0 fully saturated rings. The van der Waals surface area contributed by atoms with E-state index in [1.807, 2.05) is 0 Å². The lowest BCUT2D eigenvalue weighted by molar-refractivity contribution is -0.384. The van der Waals surface area contributed by atoms with Crippen LogP contribution in [-0.4, -0.2) is 30.0 Å². The van der Waals surface area contributed by atoms with Crippen molar-refractivity contribution < 1.29 is 24.0 Å². The average Bonchev–Trinajstić information content (AvgIpc) is 2.82. The molecular formula is C24H20Cl2N2O6. The smallest absolute Gasteiger partial charge is 0.338 e. The van der Waals surface area contributed by atoms with Gasteiger partial charge in [0.25, 0.3) is 11.6 Å². The summed E-state index contributed by atoms with van der Waals surface area (Å²) in [5.74, 6) is -0.552. The van der Waals surface area contributed by atoms with E-state index in [9.17, 15) is 19.7 Å². The highest BCUT2D eigenvalue weighted by Gasteiger charge is 2.20. The molecule has 0 saturated heterocycles. The minimum Gasteiger partial charge on any atom is -0.484 e. The molecular weight excluding hydrogens is 483 g/mol. The number of esters is 1. The molecule has 0 atom stereocenters. The Morgan fingerprint density at radius 2 is 1.68 bits per heavy atom. The maximum atomic E-state index is 13.1. The summed E-state index contributed by atoms with van der Waals surface area (Å²) in [6.07, 6.45) is 0. The third kappa shape index (κ3) is 6.46. The normalized spacial score (nSPS) is 10.4. The van der Waals surface area contributed by atoms with E-state index in [0.717, 1.165) is 0 Å². The first-order chi connectivity index (χ1) is 16.3. The monoisotopic (exact) mass is 502 g/mol. The van der Waals surface area contributed by atoms with Gasteiger partial charge in [0.1, 0.15) is 5.75 Å². The molecule has 3 rings (SSSR count). The Balaban J connectivity index is 1.82. The van der Waals surface area contributed by atoms with Crippen molar-refractivity contribution in [1.29, 1.82) is 0 Å². The SMILES string of the molecule is CCOC(=O)c1ccc(N(Cc2ccc(Cl)cc2Cl)C(=O)COc2ccc([N+](=O)[O-])cc2)cc1. The molecule has 0 aliphatic rings. The van der Waals surface area contributed by atoms with Gasteiger partial charge >= 0.3 is 5.97 Å². The van der Waals surface area contributed by atoms with Crippen LogP contribution in [0.4, 0.5) is 11.4 Å². The number of benzene rings is 3. The number of nitro groups is 1. The van der Waals surface area contributed by atoms with E-state index in [-0.39, 0.29) is 25.4 Å². The van der Waals surface area contributed by atoms with Crippen LogP contribution in [0.5, 0.6) is 5.75 Å². The number of nitrogens with zero attached hydrogens (tertiary/aromatic N) is 2. The van der Waals surface area contributed by atoms with Crippen molar-refractivity contribution in [3.8, 4) is 5.75 Å². The Morgan fingerprint density at radius 1 is 1.00 bits per heavy atom. The quantitative estimate of drug-likeness (QED) is 0.211. The summed E-state index contributed by atoms with van der Waals surface area (Å²) in [6, 6.07) is 16.8. The van der Waals surface area contributed by atoms with Crippen LogP contribution >= 0.6 is 23.2 Å². The van der Waals surface area contributed by atoms with Gasteiger partial charge in [-0.25, -0.2) is 4.79 Å². The van der Waals surface area contributed by atoms with Gasteiger partial charge in [-0.05, 0) is 61.0 Å². The van der Waals surface area contributed by atoms with Crippen LogP contribution < -0.4 is 9.64 Å². The number of non-ortho nitro benzene ring substituents is 1. The van der Waals surface area contributed by atoms with Gasteiger partial charge < -0.3 is 14.4 Å². The zero-order chi connectivity index (χ0) is 24.7. The van der Waals surface area contributed by atoms with E-state index >= 15 is 0 Å². The molecule has 0 radical (unpaired) electrons. The van der Waals surface area contributed by atoms with Gasteiger partial charge in [-0.2, -0.15) is 0 Å². The van der Waals surface area contributed by atoms with Crippen LogP contribution in [0, 0.1) is 10.1 Å². The molecule has 10 heteroatoms. The van der Waals surface area contributed by atoms with E-state index < -0.39 is 16.8 Å². The molecule has 0 N–H and O–H groups in total. The summed E-state index contributed by atoms with van der Waals surface area (Å²) in [4.78, 5) is 36.8. The Morgan fingerprint density at radius 3 is 2.26 bits per heavy atom. The van der Waals surface area contributed by atoms with Crippen molar-refractivity contribution in [1.82, 2.24) is 0 Å². The molecule has 0 bridgehead atoms. The number of halogens is 2. The number of ether oxygens (including phenoxy) is 2. The van der Waals surface area contributed by atoms with E-state index in [4.69, 9.17) is 32.7 Å². The number of hydrogen-bond donors (Lipinski definition) is 0. The molecule has 0 aliphatic carbocycles. The maximum absolute atomic E-state index is 13.1. The molecule has 0 unspecified atom stereocenters. The van der Waals surface area contributed by atoms with Crippen LogP contribution in [-0.2, 0) is 16.1 Å². The summed E-state index contributed by atoms with van der Waals surface area (Å²) in [5.41, 5.74) is 1.43. The second-order valence-electron chi connectivity index (χ2n) is 7.02. The third-order valence-corrected chi connectivity index (χ3v) is 5.33. The Kier molecular flexibility index (Phi) is 8.45. The molecule has 3 aromatic carbocycles. The summed E-state index contributed by atoms with van der Waals surface area (Å²) < 4.78 is 10.5. The third-order valence-electron chi connectivity index (χ3n) is 4.74. The van der Waals surface area contributed by atoms with Crippen molar-refractivity contribution >= 4 is 46.5 Å². The van der Waals surface area contributed by atoms with Crippen molar-refractivity contribution in [3.05, 3.63) is 98.0 Å². The minimum absolute atomic E-state index is 0.0839. The first-order valence-corrected chi connectivity index (χ1v) is 10.9. The molecule has 0 spiro atoms. The van der Waals surface area contributed by atoms with E-state index in [1.54, 1.807) is 49.4 Å². The number of hydrogen-bond acceptors (Lipinski definition) is 6. The summed E-state index contributed by atoms with van der Waals surface area (Å²) >= 11 is 12.3. The van der Waals surface area contributed by atoms with Crippen LogP contribution in [0.1, 0.15) is 22.8 Å². The van der Waals surface area contributed by atoms with Crippen molar-refractivity contribution in [2.75, 3.05) is 18.1 Å². The second-order valence-corrected chi connectivity index (χ2v) is 7.87. The predicted octanol–water partition coefficient (Wildman–Crippen LogP) is 5.69. The predicted molar refractivity (Wildman–Crippen MR) is 129 cm³/mol. The lowest BCUT2D eigenvalue weighted by atomic mass is 10.1. The number of anilines is 1. The molecule has 0 heterocycles. The Bertz CT molecular complexity index is 1180. The van der Waals surface area contributed by atoms with Crippen molar-refractivity contribution in [2.45, 2.75) is 13.5 Å². The summed E-state index contributed by atoms with van der Waals surface area (Å²) in [5, 5.41) is 11.7. The molecule has 0 aliphatic heterocycles. The van der Waals surface area contributed by atoms with Crippen molar-refractivity contribution in [2.24, 2.45) is 0 Å². The van der Waals surface area contributed by atoms with Gasteiger partial charge in [-0.1, -0.05) is 29.3 Å². The Labute approximate surface area is 205 Å². The lowest BCUT2D eigenvalue weighted by Crippen LogP contribution is -2.34. The van der Waals surface area contributed by atoms with Crippen LogP contribution in [0.25, 0.3) is 0 Å². The van der Waals surface area contributed by atoms with E-state index in [0.29, 0.717) is 32.6 Å². The van der Waals surface area contributed by atoms with Gasteiger partial charge in [0.05, 0.1) is 23.6 Å². The lowest BCUT2D eigenvalue weighted by Gasteiger charge is -2.24. The highest BCUT2D eigenvalue weighted by atomic mass is 35.5. The first kappa shape index (κ1) is 25.0. The number of carbonyl (C=O) groups is 2. The van der Waals surface area contributed by atoms with E-state index in [1.165, 1.54) is 29.2 Å². The zero-order valence-corrected chi connectivity index (χ0v) is 19.6. The number of rotatable bonds is 9. The number of amides is 1. The summed E-state index contributed by atoms with van der Waals surface area (Å²) in [6.45, 7) is 1.76. The fourth-order valence-electron chi connectivity index (χ4n) is 3.02. The van der Waals surface area contributed by atoms with Gasteiger partial charge in [0.15, 0.2) is 6.61 Å². The minimum atomic E-state index is -0.521. The maximum Gasteiger partial charge on any atom is 0.338 e. The molecule has 34 heavy (non-hydrogen) atoms. The summed E-state index contributed by atoms with van der Waals surface area (Å²) in [7, 11) is 0. The molecule has 0 saturated carbocycles. The Hall–Kier alpha value is -3.62. The van der Waals surface area contributed by atoms with Crippen LogP contribution in [0.15, 0.2) is 66.7 Å². The first-order valence-electron chi connectivity index (χ1n) is 10.2.